The minimum atomic E-state index is 0.172. The predicted octanol–water partition coefficient (Wildman–Crippen LogP) is -0.400. The molecule has 0 aliphatic rings. The maximum atomic E-state index is 5.20. The van der Waals surface area contributed by atoms with E-state index in [9.17, 15) is 0 Å². The molecule has 0 heterocycles. The number of likely N-dealkylation sites (N-methyl/N-ethyl adjacent to an activating group) is 1. The standard InChI is InChI=1S/C7H18N4/c1-4-6(11(2)3)5-10-7(8)9/h6H,4-5H2,1-3H3,(H4,8,9,10). The van der Waals surface area contributed by atoms with Gasteiger partial charge in [0, 0.05) is 6.04 Å². The average molecular weight is 158 g/mol. The van der Waals surface area contributed by atoms with Crippen molar-refractivity contribution in [3.63, 3.8) is 0 Å². The molecular weight excluding hydrogens is 140 g/mol. The van der Waals surface area contributed by atoms with E-state index in [2.05, 4.69) is 16.8 Å². The van der Waals surface area contributed by atoms with Gasteiger partial charge in [-0.25, -0.2) is 0 Å². The Labute approximate surface area is 68.3 Å². The highest BCUT2D eigenvalue weighted by atomic mass is 15.1. The van der Waals surface area contributed by atoms with Crippen molar-refractivity contribution in [3.05, 3.63) is 0 Å². The molecule has 0 aliphatic carbocycles. The number of hydrogen-bond donors (Lipinski definition) is 2. The van der Waals surface area contributed by atoms with Crippen LogP contribution in [0.1, 0.15) is 13.3 Å². The van der Waals surface area contributed by atoms with Crippen LogP contribution in [0.25, 0.3) is 0 Å². The van der Waals surface area contributed by atoms with E-state index in [1.807, 2.05) is 14.1 Å². The van der Waals surface area contributed by atoms with Gasteiger partial charge in [0.15, 0.2) is 5.96 Å². The summed E-state index contributed by atoms with van der Waals surface area (Å²) < 4.78 is 0. The van der Waals surface area contributed by atoms with Crippen molar-refractivity contribution in [1.82, 2.24) is 4.90 Å². The molecular formula is C7H18N4. The monoisotopic (exact) mass is 158 g/mol. The van der Waals surface area contributed by atoms with E-state index < -0.39 is 0 Å². The quantitative estimate of drug-likeness (QED) is 0.432. The lowest BCUT2D eigenvalue weighted by molar-refractivity contribution is 0.293. The number of guanidine groups is 1. The minimum absolute atomic E-state index is 0.172. The average Bonchev–Trinajstić information content (AvgIpc) is 1.87. The van der Waals surface area contributed by atoms with E-state index in [0.29, 0.717) is 12.6 Å². The number of rotatable bonds is 4. The van der Waals surface area contributed by atoms with Gasteiger partial charge in [-0.2, -0.15) is 0 Å². The van der Waals surface area contributed by atoms with Gasteiger partial charge in [-0.05, 0) is 20.5 Å². The Bertz CT molecular complexity index is 126. The summed E-state index contributed by atoms with van der Waals surface area (Å²) in [6.45, 7) is 2.80. The smallest absolute Gasteiger partial charge is 0.185 e. The van der Waals surface area contributed by atoms with Crippen LogP contribution >= 0.6 is 0 Å². The summed E-state index contributed by atoms with van der Waals surface area (Å²) in [5.41, 5.74) is 10.4. The van der Waals surface area contributed by atoms with Crippen molar-refractivity contribution in [1.29, 1.82) is 0 Å². The molecule has 4 N–H and O–H groups in total. The topological polar surface area (TPSA) is 67.6 Å². The van der Waals surface area contributed by atoms with Crippen LogP contribution in [0.15, 0.2) is 4.99 Å². The van der Waals surface area contributed by atoms with Crippen LogP contribution in [0.3, 0.4) is 0 Å². The van der Waals surface area contributed by atoms with Gasteiger partial charge in [0.05, 0.1) is 6.54 Å². The fourth-order valence-corrected chi connectivity index (χ4v) is 0.868. The molecule has 0 aromatic rings. The summed E-state index contributed by atoms with van der Waals surface area (Å²) in [5, 5.41) is 0. The molecule has 0 radical (unpaired) electrons. The molecule has 0 aromatic carbocycles. The summed E-state index contributed by atoms with van der Waals surface area (Å²) in [6.07, 6.45) is 1.06. The lowest BCUT2D eigenvalue weighted by atomic mass is 10.2. The molecule has 0 amide bonds. The molecule has 1 atom stereocenters. The summed E-state index contributed by atoms with van der Waals surface area (Å²) >= 11 is 0. The van der Waals surface area contributed by atoms with Gasteiger partial charge in [0.2, 0.25) is 0 Å². The second-order valence-corrected chi connectivity index (χ2v) is 2.79. The first-order chi connectivity index (χ1) is 5.07. The normalized spacial score (nSPS) is 13.1. The Morgan fingerprint density at radius 3 is 2.27 bits per heavy atom. The molecule has 0 bridgehead atoms. The molecule has 0 spiro atoms. The van der Waals surface area contributed by atoms with Crippen molar-refractivity contribution >= 4 is 5.96 Å². The van der Waals surface area contributed by atoms with Gasteiger partial charge < -0.3 is 16.4 Å². The van der Waals surface area contributed by atoms with Crippen LogP contribution < -0.4 is 11.5 Å². The van der Waals surface area contributed by atoms with Gasteiger partial charge in [-0.15, -0.1) is 0 Å². The molecule has 0 rings (SSSR count). The van der Waals surface area contributed by atoms with Gasteiger partial charge in [0.25, 0.3) is 0 Å². The molecule has 0 saturated carbocycles. The molecule has 66 valence electrons. The van der Waals surface area contributed by atoms with Crippen LogP contribution in [0.2, 0.25) is 0 Å². The highest BCUT2D eigenvalue weighted by Crippen LogP contribution is 1.98. The first-order valence-electron chi connectivity index (χ1n) is 3.79. The van der Waals surface area contributed by atoms with Crippen LogP contribution in [0, 0.1) is 0 Å². The van der Waals surface area contributed by atoms with Gasteiger partial charge in [0.1, 0.15) is 0 Å². The maximum absolute atomic E-state index is 5.20. The lowest BCUT2D eigenvalue weighted by Gasteiger charge is -2.20. The minimum Gasteiger partial charge on any atom is -0.370 e. The molecule has 4 nitrogen and oxygen atoms in total. The summed E-state index contributed by atoms with van der Waals surface area (Å²) in [7, 11) is 4.05. The number of hydrogen-bond acceptors (Lipinski definition) is 2. The zero-order chi connectivity index (χ0) is 8.85. The van der Waals surface area contributed by atoms with Crippen molar-refractivity contribution in [3.8, 4) is 0 Å². The van der Waals surface area contributed by atoms with E-state index in [0.717, 1.165) is 6.42 Å². The summed E-state index contributed by atoms with van der Waals surface area (Å²) in [5.74, 6) is 0.172. The highest BCUT2D eigenvalue weighted by Gasteiger charge is 2.06. The Morgan fingerprint density at radius 1 is 1.45 bits per heavy atom. The largest absolute Gasteiger partial charge is 0.370 e. The second kappa shape index (κ2) is 4.96. The maximum Gasteiger partial charge on any atom is 0.185 e. The van der Waals surface area contributed by atoms with E-state index >= 15 is 0 Å². The Kier molecular flexibility index (Phi) is 4.61. The summed E-state index contributed by atoms with van der Waals surface area (Å²) in [4.78, 5) is 6.07. The van der Waals surface area contributed by atoms with Gasteiger partial charge >= 0.3 is 0 Å². The highest BCUT2D eigenvalue weighted by molar-refractivity contribution is 5.75. The number of nitrogens with zero attached hydrogens (tertiary/aromatic N) is 2. The van der Waals surface area contributed by atoms with Gasteiger partial charge in [-0.1, -0.05) is 6.92 Å². The fraction of sp³-hybridized carbons (Fsp3) is 0.857. The van der Waals surface area contributed by atoms with E-state index in [1.165, 1.54) is 0 Å². The fourth-order valence-electron chi connectivity index (χ4n) is 0.868. The van der Waals surface area contributed by atoms with Crippen LogP contribution in [-0.2, 0) is 0 Å². The first-order valence-corrected chi connectivity index (χ1v) is 3.79. The van der Waals surface area contributed by atoms with Crippen molar-refractivity contribution in [2.45, 2.75) is 19.4 Å². The van der Waals surface area contributed by atoms with Crippen molar-refractivity contribution in [2.24, 2.45) is 16.5 Å². The number of aliphatic imine (C=N–C) groups is 1. The summed E-state index contributed by atoms with van der Waals surface area (Å²) in [6, 6.07) is 0.442. The molecule has 1 unspecified atom stereocenters. The SMILES string of the molecule is CCC(CN=C(N)N)N(C)C. The second-order valence-electron chi connectivity index (χ2n) is 2.79. The molecule has 0 saturated heterocycles. The van der Waals surface area contributed by atoms with Crippen molar-refractivity contribution in [2.75, 3.05) is 20.6 Å². The van der Waals surface area contributed by atoms with E-state index in [-0.39, 0.29) is 5.96 Å². The third-order valence-corrected chi connectivity index (χ3v) is 1.69. The molecule has 4 heteroatoms. The molecule has 11 heavy (non-hydrogen) atoms. The molecule has 0 aromatic heterocycles. The molecule has 0 aliphatic heterocycles. The Hall–Kier alpha value is -0.770. The van der Waals surface area contributed by atoms with Crippen LogP contribution in [-0.4, -0.2) is 37.5 Å². The zero-order valence-corrected chi connectivity index (χ0v) is 7.54. The molecule has 0 fully saturated rings. The van der Waals surface area contributed by atoms with Gasteiger partial charge in [-0.3, -0.25) is 4.99 Å². The first kappa shape index (κ1) is 10.2. The number of nitrogens with two attached hydrogens (primary N) is 2. The Morgan fingerprint density at radius 2 is 2.00 bits per heavy atom. The third-order valence-electron chi connectivity index (χ3n) is 1.69. The Balaban J connectivity index is 3.79. The van der Waals surface area contributed by atoms with E-state index in [1.54, 1.807) is 0 Å². The van der Waals surface area contributed by atoms with Crippen LogP contribution in [0.4, 0.5) is 0 Å². The van der Waals surface area contributed by atoms with Crippen LogP contribution in [0.5, 0.6) is 0 Å². The third kappa shape index (κ3) is 4.61. The van der Waals surface area contributed by atoms with Crippen molar-refractivity contribution < 1.29 is 0 Å². The van der Waals surface area contributed by atoms with E-state index in [4.69, 9.17) is 11.5 Å². The lowest BCUT2D eigenvalue weighted by Crippen LogP contribution is -2.32. The zero-order valence-electron chi connectivity index (χ0n) is 7.54. The predicted molar refractivity (Wildman–Crippen MR) is 48.4 cm³/mol.